The molecule has 0 N–H and O–H groups in total. The van der Waals surface area contributed by atoms with Gasteiger partial charge in [-0.15, -0.1) is 0 Å². The first-order valence-corrected chi connectivity index (χ1v) is 7.74. The highest BCUT2D eigenvalue weighted by atomic mass is 19.4. The second-order valence-corrected chi connectivity index (χ2v) is 6.51. The lowest BCUT2D eigenvalue weighted by Crippen LogP contribution is -2.45. The van der Waals surface area contributed by atoms with Crippen molar-refractivity contribution in [3.05, 3.63) is 27.6 Å². The number of nitrogens with zero attached hydrogens (tertiary/aromatic N) is 3. The van der Waals surface area contributed by atoms with Crippen molar-refractivity contribution in [3.8, 4) is 0 Å². The Morgan fingerprint density at radius 1 is 1.35 bits per heavy atom. The summed E-state index contributed by atoms with van der Waals surface area (Å²) in [5.74, 6) is -1.61. The van der Waals surface area contributed by atoms with Crippen LogP contribution in [0.1, 0.15) is 31.0 Å². The first-order valence-electron chi connectivity index (χ1n) is 7.74. The predicted molar refractivity (Wildman–Crippen MR) is 78.5 cm³/mol. The van der Waals surface area contributed by atoms with Crippen molar-refractivity contribution in [1.82, 2.24) is 4.98 Å². The summed E-state index contributed by atoms with van der Waals surface area (Å²) in [4.78, 5) is 16.5. The van der Waals surface area contributed by atoms with Crippen LogP contribution in [0, 0.1) is 22.0 Å². The van der Waals surface area contributed by atoms with E-state index in [9.17, 15) is 23.3 Å². The second-order valence-electron chi connectivity index (χ2n) is 6.51. The van der Waals surface area contributed by atoms with E-state index in [1.165, 1.54) is 6.20 Å². The van der Waals surface area contributed by atoms with Crippen molar-refractivity contribution in [3.63, 3.8) is 0 Å². The van der Waals surface area contributed by atoms with Gasteiger partial charge in [-0.25, -0.2) is 0 Å². The average Bonchev–Trinajstić information content (AvgIpc) is 2.92. The summed E-state index contributed by atoms with van der Waals surface area (Å²) in [5.41, 5.74) is 1.72. The van der Waals surface area contributed by atoms with E-state index in [-0.39, 0.29) is 24.6 Å². The summed E-state index contributed by atoms with van der Waals surface area (Å²) in [6, 6.07) is 0. The van der Waals surface area contributed by atoms with Crippen LogP contribution in [0.15, 0.2) is 6.20 Å². The maximum atomic E-state index is 13.2. The number of aryl methyl sites for hydroxylation is 1. The van der Waals surface area contributed by atoms with Crippen LogP contribution in [0.4, 0.5) is 24.5 Å². The van der Waals surface area contributed by atoms with Crippen LogP contribution in [0.2, 0.25) is 0 Å². The Balaban J connectivity index is 2.03. The summed E-state index contributed by atoms with van der Waals surface area (Å²) in [6.45, 7) is 1.95. The summed E-state index contributed by atoms with van der Waals surface area (Å²) in [6.07, 6.45) is -0.809. The zero-order valence-electron chi connectivity index (χ0n) is 12.8. The molecule has 0 amide bonds. The molecule has 126 valence electrons. The second kappa shape index (κ2) is 5.65. The molecule has 23 heavy (non-hydrogen) atoms. The first-order chi connectivity index (χ1) is 10.8. The van der Waals surface area contributed by atoms with Gasteiger partial charge in [-0.1, -0.05) is 6.92 Å². The molecule has 8 heteroatoms. The molecular weight excluding hydrogens is 311 g/mol. The highest BCUT2D eigenvalue weighted by Gasteiger charge is 2.45. The Morgan fingerprint density at radius 2 is 2.09 bits per heavy atom. The smallest absolute Gasteiger partial charge is 0.365 e. The number of hydrogen-bond acceptors (Lipinski definition) is 4. The zero-order chi connectivity index (χ0) is 16.8. The molecule has 2 atom stereocenters. The first kappa shape index (κ1) is 16.0. The summed E-state index contributed by atoms with van der Waals surface area (Å²) in [7, 11) is 0. The van der Waals surface area contributed by atoms with Crippen molar-refractivity contribution >= 4 is 11.4 Å². The van der Waals surface area contributed by atoms with Crippen LogP contribution in [-0.4, -0.2) is 29.2 Å². The molecule has 1 aromatic rings. The van der Waals surface area contributed by atoms with Gasteiger partial charge in [-0.3, -0.25) is 15.1 Å². The lowest BCUT2D eigenvalue weighted by Gasteiger charge is -2.39. The third-order valence-electron chi connectivity index (χ3n) is 4.70. The fraction of sp³-hybridized carbons (Fsp3) is 0.667. The van der Waals surface area contributed by atoms with E-state index in [0.29, 0.717) is 18.7 Å². The number of fused-ring (bicyclic) bond motifs is 1. The minimum absolute atomic E-state index is 0.0705. The van der Waals surface area contributed by atoms with Crippen LogP contribution in [0.3, 0.4) is 0 Å². The van der Waals surface area contributed by atoms with E-state index in [0.717, 1.165) is 24.1 Å². The average molecular weight is 329 g/mol. The van der Waals surface area contributed by atoms with Crippen molar-refractivity contribution in [2.24, 2.45) is 11.8 Å². The topological polar surface area (TPSA) is 59.3 Å². The monoisotopic (exact) mass is 329 g/mol. The Kier molecular flexibility index (Phi) is 3.93. The Hall–Kier alpha value is -1.86. The van der Waals surface area contributed by atoms with E-state index < -0.39 is 17.0 Å². The number of halogens is 3. The molecule has 0 unspecified atom stereocenters. The molecule has 3 rings (SSSR count). The molecule has 1 aliphatic carbocycles. The highest BCUT2D eigenvalue weighted by molar-refractivity contribution is 5.69. The van der Waals surface area contributed by atoms with Gasteiger partial charge in [0, 0.05) is 24.3 Å². The van der Waals surface area contributed by atoms with Gasteiger partial charge >= 0.3 is 11.9 Å². The van der Waals surface area contributed by atoms with E-state index in [4.69, 9.17) is 0 Å². The molecule has 0 spiro atoms. The van der Waals surface area contributed by atoms with Crippen LogP contribution < -0.4 is 4.90 Å². The molecule has 1 aliphatic heterocycles. The Labute approximate surface area is 131 Å². The number of anilines is 1. The molecule has 0 aromatic carbocycles. The standard InChI is InChI=1S/C15H18F3N3O2/c1-9-5-10(15(16,17)18)8-20(7-9)14-11-3-2-4-12(11)19-6-13(14)21(22)23/h6,9-10H,2-5,7-8H2,1H3/t9-,10+/m0/s1. The third-order valence-corrected chi connectivity index (χ3v) is 4.70. The normalized spacial score (nSPS) is 24.6. The number of hydrogen-bond donors (Lipinski definition) is 0. The van der Waals surface area contributed by atoms with Crippen molar-refractivity contribution < 1.29 is 18.1 Å². The van der Waals surface area contributed by atoms with Crippen LogP contribution in [0.5, 0.6) is 0 Å². The van der Waals surface area contributed by atoms with Crippen molar-refractivity contribution in [2.75, 3.05) is 18.0 Å². The van der Waals surface area contributed by atoms with Gasteiger partial charge < -0.3 is 4.90 Å². The maximum absolute atomic E-state index is 13.2. The van der Waals surface area contributed by atoms with Crippen LogP contribution in [0.25, 0.3) is 0 Å². The minimum atomic E-state index is -4.28. The molecule has 0 radical (unpaired) electrons. The minimum Gasteiger partial charge on any atom is -0.365 e. The van der Waals surface area contributed by atoms with Gasteiger partial charge in [-0.2, -0.15) is 13.2 Å². The largest absolute Gasteiger partial charge is 0.393 e. The summed E-state index contributed by atoms with van der Waals surface area (Å²) >= 11 is 0. The fourth-order valence-corrected chi connectivity index (χ4v) is 3.74. The number of piperidine rings is 1. The zero-order valence-corrected chi connectivity index (χ0v) is 12.8. The van der Waals surface area contributed by atoms with Crippen molar-refractivity contribution in [2.45, 2.75) is 38.8 Å². The number of aromatic nitrogens is 1. The van der Waals surface area contributed by atoms with Gasteiger partial charge in [-0.05, 0) is 31.6 Å². The third kappa shape index (κ3) is 2.98. The van der Waals surface area contributed by atoms with Gasteiger partial charge in [0.15, 0.2) is 0 Å². The molecular formula is C15H18F3N3O2. The molecule has 0 saturated carbocycles. The summed E-state index contributed by atoms with van der Waals surface area (Å²) < 4.78 is 39.5. The number of nitro groups is 1. The van der Waals surface area contributed by atoms with E-state index in [2.05, 4.69) is 4.98 Å². The van der Waals surface area contributed by atoms with Crippen LogP contribution in [-0.2, 0) is 12.8 Å². The van der Waals surface area contributed by atoms with Gasteiger partial charge in [0.2, 0.25) is 0 Å². The van der Waals surface area contributed by atoms with Gasteiger partial charge in [0.25, 0.3) is 0 Å². The highest BCUT2D eigenvalue weighted by Crippen LogP contribution is 2.42. The van der Waals surface area contributed by atoms with E-state index >= 15 is 0 Å². The quantitative estimate of drug-likeness (QED) is 0.615. The van der Waals surface area contributed by atoms with E-state index in [1.807, 2.05) is 0 Å². The Morgan fingerprint density at radius 3 is 2.74 bits per heavy atom. The number of pyridine rings is 1. The van der Waals surface area contributed by atoms with Gasteiger partial charge in [0.1, 0.15) is 11.9 Å². The van der Waals surface area contributed by atoms with Gasteiger partial charge in [0.05, 0.1) is 10.8 Å². The molecule has 5 nitrogen and oxygen atoms in total. The van der Waals surface area contributed by atoms with Crippen molar-refractivity contribution in [1.29, 1.82) is 0 Å². The number of alkyl halides is 3. The fourth-order valence-electron chi connectivity index (χ4n) is 3.74. The Bertz CT molecular complexity index is 633. The molecule has 1 aromatic heterocycles. The maximum Gasteiger partial charge on any atom is 0.393 e. The molecule has 2 heterocycles. The van der Waals surface area contributed by atoms with Crippen LogP contribution >= 0.6 is 0 Å². The lowest BCUT2D eigenvalue weighted by molar-refractivity contribution is -0.384. The molecule has 0 bridgehead atoms. The number of rotatable bonds is 2. The predicted octanol–water partition coefficient (Wildman–Crippen LogP) is 3.50. The SMILES string of the molecule is C[C@H]1C[C@@H](C(F)(F)F)CN(c2c([N+](=O)[O-])cnc3c2CCC3)C1. The molecule has 1 fully saturated rings. The van der Waals surface area contributed by atoms with E-state index in [1.54, 1.807) is 11.8 Å². The summed E-state index contributed by atoms with van der Waals surface area (Å²) in [5, 5.41) is 11.3. The lowest BCUT2D eigenvalue weighted by atomic mass is 9.89. The molecule has 1 saturated heterocycles. The molecule has 2 aliphatic rings.